The van der Waals surface area contributed by atoms with E-state index in [9.17, 15) is 0 Å². The molecule has 0 aliphatic heterocycles. The van der Waals surface area contributed by atoms with Crippen LogP contribution in [0.4, 0.5) is 0 Å². The summed E-state index contributed by atoms with van der Waals surface area (Å²) in [7, 11) is 0. The van der Waals surface area contributed by atoms with Crippen LogP contribution in [-0.4, -0.2) is 19.7 Å². The zero-order valence-corrected chi connectivity index (χ0v) is 12.8. The van der Waals surface area contributed by atoms with E-state index in [-0.39, 0.29) is 0 Å². The number of pyridine rings is 1. The Morgan fingerprint density at radius 3 is 2.40 bits per heavy atom. The van der Waals surface area contributed by atoms with Crippen molar-refractivity contribution in [1.29, 1.82) is 0 Å². The van der Waals surface area contributed by atoms with Gasteiger partial charge in [-0.15, -0.1) is 10.2 Å². The fraction of sp³-hybridized carbons (Fsp3) is 0.133. The Hall–Kier alpha value is -2.01. The summed E-state index contributed by atoms with van der Waals surface area (Å²) in [6.45, 7) is 4.17. The van der Waals surface area contributed by atoms with E-state index >= 15 is 0 Å². The standard InChI is InChI=1S/C15H13BrN4/c1-10-5-3-6-11(2)14(10)20-9-17-19-15(20)12-7-4-8-13(16)18-12/h3-9H,1-2H3. The van der Waals surface area contributed by atoms with Gasteiger partial charge in [0.05, 0.1) is 5.69 Å². The fourth-order valence-electron chi connectivity index (χ4n) is 2.29. The van der Waals surface area contributed by atoms with E-state index in [4.69, 9.17) is 0 Å². The van der Waals surface area contributed by atoms with Gasteiger partial charge in [-0.3, -0.25) is 4.57 Å². The molecule has 1 aromatic carbocycles. The number of aromatic nitrogens is 4. The van der Waals surface area contributed by atoms with Crippen molar-refractivity contribution >= 4 is 15.9 Å². The Balaban J connectivity index is 2.21. The molecule has 0 N–H and O–H groups in total. The molecule has 2 aromatic heterocycles. The van der Waals surface area contributed by atoms with Crippen LogP contribution < -0.4 is 0 Å². The average molecular weight is 329 g/mol. The number of halogens is 1. The molecule has 3 rings (SSSR count). The topological polar surface area (TPSA) is 43.6 Å². The summed E-state index contributed by atoms with van der Waals surface area (Å²) in [5.41, 5.74) is 4.26. The molecule has 3 aromatic rings. The Kier molecular flexibility index (Phi) is 3.36. The van der Waals surface area contributed by atoms with Crippen molar-refractivity contribution in [3.05, 3.63) is 58.5 Å². The summed E-state index contributed by atoms with van der Waals surface area (Å²) in [6.07, 6.45) is 1.73. The van der Waals surface area contributed by atoms with Crippen molar-refractivity contribution in [3.8, 4) is 17.2 Å². The van der Waals surface area contributed by atoms with E-state index in [1.54, 1.807) is 6.33 Å². The lowest BCUT2D eigenvalue weighted by Crippen LogP contribution is -2.02. The molecule has 0 spiro atoms. The smallest absolute Gasteiger partial charge is 0.187 e. The molecule has 0 unspecified atom stereocenters. The molecule has 0 atom stereocenters. The van der Waals surface area contributed by atoms with Crippen molar-refractivity contribution in [2.24, 2.45) is 0 Å². The van der Waals surface area contributed by atoms with Gasteiger partial charge < -0.3 is 0 Å². The highest BCUT2D eigenvalue weighted by Crippen LogP contribution is 2.24. The van der Waals surface area contributed by atoms with Gasteiger partial charge in [-0.1, -0.05) is 24.3 Å². The molecule has 0 aliphatic rings. The van der Waals surface area contributed by atoms with Gasteiger partial charge in [0.15, 0.2) is 5.82 Å². The summed E-state index contributed by atoms with van der Waals surface area (Å²) in [4.78, 5) is 4.45. The second-order valence-corrected chi connectivity index (χ2v) is 5.42. The van der Waals surface area contributed by atoms with Gasteiger partial charge in [0.2, 0.25) is 0 Å². The molecule has 20 heavy (non-hydrogen) atoms. The molecule has 5 heteroatoms. The van der Waals surface area contributed by atoms with Gasteiger partial charge in [0.25, 0.3) is 0 Å². The lowest BCUT2D eigenvalue weighted by Gasteiger charge is -2.12. The van der Waals surface area contributed by atoms with Crippen LogP contribution in [0, 0.1) is 13.8 Å². The molecular weight excluding hydrogens is 316 g/mol. The van der Waals surface area contributed by atoms with Gasteiger partial charge in [0, 0.05) is 0 Å². The third kappa shape index (κ3) is 2.25. The summed E-state index contributed by atoms with van der Waals surface area (Å²) < 4.78 is 2.77. The van der Waals surface area contributed by atoms with E-state index < -0.39 is 0 Å². The van der Waals surface area contributed by atoms with Crippen molar-refractivity contribution in [2.75, 3.05) is 0 Å². The van der Waals surface area contributed by atoms with Crippen LogP contribution >= 0.6 is 15.9 Å². The molecule has 0 aliphatic carbocycles. The molecule has 0 saturated carbocycles. The third-order valence-electron chi connectivity index (χ3n) is 3.17. The van der Waals surface area contributed by atoms with E-state index in [0.717, 1.165) is 21.8 Å². The Bertz CT molecular complexity index is 744. The summed E-state index contributed by atoms with van der Waals surface area (Å²) in [5.74, 6) is 0.740. The molecule has 0 bridgehead atoms. The molecule has 0 radical (unpaired) electrons. The first-order valence-electron chi connectivity index (χ1n) is 6.26. The summed E-state index contributed by atoms with van der Waals surface area (Å²) >= 11 is 3.39. The zero-order valence-electron chi connectivity index (χ0n) is 11.2. The highest BCUT2D eigenvalue weighted by Gasteiger charge is 2.13. The SMILES string of the molecule is Cc1cccc(C)c1-n1cnnc1-c1cccc(Br)n1. The van der Waals surface area contributed by atoms with Gasteiger partial charge in [0.1, 0.15) is 16.6 Å². The molecular formula is C15H13BrN4. The Morgan fingerprint density at radius 2 is 1.70 bits per heavy atom. The van der Waals surface area contributed by atoms with Crippen molar-refractivity contribution in [2.45, 2.75) is 13.8 Å². The zero-order chi connectivity index (χ0) is 14.1. The van der Waals surface area contributed by atoms with Crippen LogP contribution in [0.1, 0.15) is 11.1 Å². The molecule has 0 fully saturated rings. The van der Waals surface area contributed by atoms with Crippen LogP contribution in [0.25, 0.3) is 17.2 Å². The second-order valence-electron chi connectivity index (χ2n) is 4.61. The maximum Gasteiger partial charge on any atom is 0.187 e. The number of para-hydroxylation sites is 1. The monoisotopic (exact) mass is 328 g/mol. The third-order valence-corrected chi connectivity index (χ3v) is 3.61. The van der Waals surface area contributed by atoms with Gasteiger partial charge in [-0.05, 0) is 53.0 Å². The van der Waals surface area contributed by atoms with E-state index in [0.29, 0.717) is 0 Å². The highest BCUT2D eigenvalue weighted by atomic mass is 79.9. The lowest BCUT2D eigenvalue weighted by atomic mass is 10.1. The molecule has 0 saturated heterocycles. The van der Waals surface area contributed by atoms with Crippen LogP contribution in [0.3, 0.4) is 0 Å². The summed E-state index contributed by atoms with van der Waals surface area (Å²) in [5, 5.41) is 8.26. The molecule has 2 heterocycles. The molecule has 0 amide bonds. The number of aryl methyl sites for hydroxylation is 2. The van der Waals surface area contributed by atoms with Crippen LogP contribution in [0.2, 0.25) is 0 Å². The minimum absolute atomic E-state index is 0.740. The second kappa shape index (κ2) is 5.17. The van der Waals surface area contributed by atoms with Crippen LogP contribution in [0.15, 0.2) is 47.3 Å². The van der Waals surface area contributed by atoms with Crippen molar-refractivity contribution in [1.82, 2.24) is 19.7 Å². The predicted octanol–water partition coefficient (Wildman–Crippen LogP) is 3.71. The number of benzene rings is 1. The Labute approximate surface area is 125 Å². The van der Waals surface area contributed by atoms with E-state index in [1.807, 2.05) is 22.8 Å². The van der Waals surface area contributed by atoms with E-state index in [2.05, 4.69) is 63.2 Å². The van der Waals surface area contributed by atoms with Gasteiger partial charge in [-0.25, -0.2) is 4.98 Å². The number of hydrogen-bond donors (Lipinski definition) is 0. The van der Waals surface area contributed by atoms with E-state index in [1.165, 1.54) is 11.1 Å². The average Bonchev–Trinajstić information content (AvgIpc) is 2.87. The number of nitrogens with zero attached hydrogens (tertiary/aromatic N) is 4. The molecule has 4 nitrogen and oxygen atoms in total. The Morgan fingerprint density at radius 1 is 1.00 bits per heavy atom. The minimum Gasteiger partial charge on any atom is -0.280 e. The summed E-state index contributed by atoms with van der Waals surface area (Å²) in [6, 6.07) is 12.0. The first-order chi connectivity index (χ1) is 9.66. The first kappa shape index (κ1) is 13.0. The molecule has 100 valence electrons. The minimum atomic E-state index is 0.740. The fourth-order valence-corrected chi connectivity index (χ4v) is 2.64. The van der Waals surface area contributed by atoms with Gasteiger partial charge >= 0.3 is 0 Å². The lowest BCUT2D eigenvalue weighted by molar-refractivity contribution is 1.02. The van der Waals surface area contributed by atoms with Crippen molar-refractivity contribution < 1.29 is 0 Å². The number of hydrogen-bond acceptors (Lipinski definition) is 3. The largest absolute Gasteiger partial charge is 0.280 e. The maximum absolute atomic E-state index is 4.45. The first-order valence-corrected chi connectivity index (χ1v) is 7.05. The highest BCUT2D eigenvalue weighted by molar-refractivity contribution is 9.10. The normalized spacial score (nSPS) is 10.8. The van der Waals surface area contributed by atoms with Gasteiger partial charge in [-0.2, -0.15) is 0 Å². The quantitative estimate of drug-likeness (QED) is 0.673. The number of rotatable bonds is 2. The van der Waals surface area contributed by atoms with Crippen molar-refractivity contribution in [3.63, 3.8) is 0 Å². The van der Waals surface area contributed by atoms with Crippen LogP contribution in [0.5, 0.6) is 0 Å². The maximum atomic E-state index is 4.45. The van der Waals surface area contributed by atoms with Crippen LogP contribution in [-0.2, 0) is 0 Å². The predicted molar refractivity (Wildman–Crippen MR) is 81.8 cm³/mol.